The molecule has 1 spiro atoms. The number of hydrogen-bond donors (Lipinski definition) is 0. The highest BCUT2D eigenvalue weighted by atomic mass is 19.4. The summed E-state index contributed by atoms with van der Waals surface area (Å²) in [6.45, 7) is 6.82. The van der Waals surface area contributed by atoms with E-state index in [4.69, 9.17) is 0 Å². The number of carbonyl (C=O) groups excluding carboxylic acids is 1. The first-order valence-electron chi connectivity index (χ1n) is 8.54. The lowest BCUT2D eigenvalue weighted by molar-refractivity contribution is -0.141. The van der Waals surface area contributed by atoms with Crippen molar-refractivity contribution in [3.05, 3.63) is 42.2 Å². The minimum Gasteiger partial charge on any atom is -0.339 e. The number of carbonyl (C=O) groups is 1. The number of rotatable bonds is 3. The summed E-state index contributed by atoms with van der Waals surface area (Å²) in [5, 5.41) is 0. The quantitative estimate of drug-likeness (QED) is 0.782. The molecule has 3 rings (SSSR count). The van der Waals surface area contributed by atoms with E-state index in [-0.39, 0.29) is 17.0 Å². The van der Waals surface area contributed by atoms with Gasteiger partial charge in [-0.2, -0.15) is 13.2 Å². The largest absolute Gasteiger partial charge is 0.433 e. The van der Waals surface area contributed by atoms with Gasteiger partial charge in [-0.1, -0.05) is 6.08 Å². The second-order valence-electron chi connectivity index (χ2n) is 6.78. The number of nitrogens with zero attached hydrogens (tertiary/aromatic N) is 3. The predicted molar refractivity (Wildman–Crippen MR) is 88.1 cm³/mol. The van der Waals surface area contributed by atoms with Crippen LogP contribution in [0.15, 0.2) is 31.0 Å². The number of alkyl halides is 3. The van der Waals surface area contributed by atoms with E-state index in [1.54, 1.807) is 4.90 Å². The fourth-order valence-corrected chi connectivity index (χ4v) is 4.03. The number of halogens is 3. The van der Waals surface area contributed by atoms with Crippen molar-refractivity contribution in [1.29, 1.82) is 0 Å². The van der Waals surface area contributed by atoms with Crippen LogP contribution < -0.4 is 0 Å². The Labute approximate surface area is 145 Å². The zero-order valence-electron chi connectivity index (χ0n) is 14.1. The number of pyridine rings is 1. The van der Waals surface area contributed by atoms with E-state index in [1.165, 1.54) is 6.07 Å². The van der Waals surface area contributed by atoms with Crippen molar-refractivity contribution in [1.82, 2.24) is 14.8 Å². The van der Waals surface area contributed by atoms with Gasteiger partial charge in [0.2, 0.25) is 0 Å². The predicted octanol–water partition coefficient (Wildman–Crippen LogP) is 3.36. The summed E-state index contributed by atoms with van der Waals surface area (Å²) in [5.41, 5.74) is -0.868. The van der Waals surface area contributed by atoms with Crippen LogP contribution in [0.3, 0.4) is 0 Å². The molecule has 0 aliphatic carbocycles. The minimum atomic E-state index is -4.54. The topological polar surface area (TPSA) is 36.4 Å². The fraction of sp³-hybridized carbons (Fsp3) is 0.556. The molecule has 1 amide bonds. The molecule has 0 atom stereocenters. The van der Waals surface area contributed by atoms with Crippen LogP contribution in [0.1, 0.15) is 41.7 Å². The molecule has 1 aromatic heterocycles. The maximum absolute atomic E-state index is 12.8. The normalized spacial score (nSPS) is 20.8. The molecular weight excluding hydrogens is 331 g/mol. The number of hydrogen-bond acceptors (Lipinski definition) is 3. The SMILES string of the molecule is C=CCN1CCCC12CCN(C(=O)c1ccnc(C(F)(F)F)c1)CC2. The molecule has 2 saturated heterocycles. The van der Waals surface area contributed by atoms with Gasteiger partial charge in [0.25, 0.3) is 5.91 Å². The third-order valence-electron chi connectivity index (χ3n) is 5.37. The summed E-state index contributed by atoms with van der Waals surface area (Å²) >= 11 is 0. The first-order valence-corrected chi connectivity index (χ1v) is 8.54. The third-order valence-corrected chi connectivity index (χ3v) is 5.37. The van der Waals surface area contributed by atoms with Gasteiger partial charge in [0.05, 0.1) is 0 Å². The van der Waals surface area contributed by atoms with Crippen LogP contribution in [0.5, 0.6) is 0 Å². The first-order chi connectivity index (χ1) is 11.9. The molecule has 0 radical (unpaired) electrons. The second-order valence-corrected chi connectivity index (χ2v) is 6.78. The molecule has 2 fully saturated rings. The van der Waals surface area contributed by atoms with Gasteiger partial charge in [-0.3, -0.25) is 14.7 Å². The molecule has 25 heavy (non-hydrogen) atoms. The van der Waals surface area contributed by atoms with Crippen molar-refractivity contribution in [2.24, 2.45) is 0 Å². The molecule has 3 heterocycles. The lowest BCUT2D eigenvalue weighted by atomic mass is 9.84. The Bertz CT molecular complexity index is 651. The van der Waals surface area contributed by atoms with Gasteiger partial charge in [0.1, 0.15) is 5.69 Å². The average molecular weight is 353 g/mol. The summed E-state index contributed by atoms with van der Waals surface area (Å²) in [6, 6.07) is 2.19. The van der Waals surface area contributed by atoms with E-state index >= 15 is 0 Å². The van der Waals surface area contributed by atoms with Crippen LogP contribution in [0, 0.1) is 0 Å². The van der Waals surface area contributed by atoms with Crippen molar-refractivity contribution in [3.63, 3.8) is 0 Å². The first kappa shape index (κ1) is 17.9. The average Bonchev–Trinajstić information content (AvgIpc) is 2.97. The maximum atomic E-state index is 12.8. The van der Waals surface area contributed by atoms with E-state index in [9.17, 15) is 18.0 Å². The highest BCUT2D eigenvalue weighted by molar-refractivity contribution is 5.94. The van der Waals surface area contributed by atoms with Crippen LogP contribution in [0.2, 0.25) is 0 Å². The molecule has 0 N–H and O–H groups in total. The van der Waals surface area contributed by atoms with Crippen LogP contribution >= 0.6 is 0 Å². The maximum Gasteiger partial charge on any atom is 0.433 e. The van der Waals surface area contributed by atoms with Crippen LogP contribution in [-0.4, -0.2) is 52.4 Å². The fourth-order valence-electron chi connectivity index (χ4n) is 4.03. The van der Waals surface area contributed by atoms with E-state index in [0.29, 0.717) is 13.1 Å². The lowest BCUT2D eigenvalue weighted by Crippen LogP contribution is -2.53. The summed E-state index contributed by atoms with van der Waals surface area (Å²) in [5.74, 6) is -0.351. The molecule has 2 aliphatic rings. The Hall–Kier alpha value is -1.89. The molecule has 0 unspecified atom stereocenters. The van der Waals surface area contributed by atoms with E-state index in [1.807, 2.05) is 6.08 Å². The Kier molecular flexibility index (Phi) is 4.86. The van der Waals surface area contributed by atoms with Crippen molar-refractivity contribution in [2.75, 3.05) is 26.2 Å². The Morgan fingerprint density at radius 1 is 1.28 bits per heavy atom. The van der Waals surface area contributed by atoms with Crippen LogP contribution in [0.25, 0.3) is 0 Å². The third kappa shape index (κ3) is 3.56. The highest BCUT2D eigenvalue weighted by Crippen LogP contribution is 2.38. The molecule has 136 valence electrons. The number of likely N-dealkylation sites (tertiary alicyclic amines) is 2. The smallest absolute Gasteiger partial charge is 0.339 e. The van der Waals surface area contributed by atoms with Crippen molar-refractivity contribution in [2.45, 2.75) is 37.4 Å². The molecule has 7 heteroatoms. The van der Waals surface area contributed by atoms with Crippen molar-refractivity contribution >= 4 is 5.91 Å². The van der Waals surface area contributed by atoms with Gasteiger partial charge in [-0.25, -0.2) is 0 Å². The van der Waals surface area contributed by atoms with E-state index < -0.39 is 11.9 Å². The molecule has 2 aliphatic heterocycles. The zero-order chi connectivity index (χ0) is 18.1. The van der Waals surface area contributed by atoms with E-state index in [2.05, 4.69) is 16.5 Å². The van der Waals surface area contributed by atoms with E-state index in [0.717, 1.165) is 51.0 Å². The molecule has 0 bridgehead atoms. The summed E-state index contributed by atoms with van der Waals surface area (Å²) in [6.07, 6.45) is 2.35. The number of piperidine rings is 1. The molecule has 4 nitrogen and oxygen atoms in total. The summed E-state index contributed by atoms with van der Waals surface area (Å²) < 4.78 is 38.4. The summed E-state index contributed by atoms with van der Waals surface area (Å²) in [7, 11) is 0. The van der Waals surface area contributed by atoms with Crippen LogP contribution in [-0.2, 0) is 6.18 Å². The lowest BCUT2D eigenvalue weighted by Gasteiger charge is -2.45. The standard InChI is InChI=1S/C18H22F3N3O/c1-2-9-24-10-3-5-17(24)6-11-23(12-7-17)16(25)14-4-8-22-15(13-14)18(19,20)21/h2,4,8,13H,1,3,5-7,9-12H2. The Morgan fingerprint density at radius 2 is 2.00 bits per heavy atom. The monoisotopic (exact) mass is 353 g/mol. The molecular formula is C18H22F3N3O. The van der Waals surface area contributed by atoms with Crippen LogP contribution in [0.4, 0.5) is 13.2 Å². The van der Waals surface area contributed by atoms with Gasteiger partial charge in [-0.05, 0) is 44.4 Å². The van der Waals surface area contributed by atoms with Gasteiger partial charge in [0, 0.05) is 36.9 Å². The van der Waals surface area contributed by atoms with Crippen molar-refractivity contribution < 1.29 is 18.0 Å². The van der Waals surface area contributed by atoms with Crippen molar-refractivity contribution in [3.8, 4) is 0 Å². The Morgan fingerprint density at radius 3 is 2.64 bits per heavy atom. The zero-order valence-corrected chi connectivity index (χ0v) is 14.1. The van der Waals surface area contributed by atoms with Gasteiger partial charge in [-0.15, -0.1) is 6.58 Å². The molecule has 1 aromatic rings. The minimum absolute atomic E-state index is 0.0487. The molecule has 0 aromatic carbocycles. The van der Waals surface area contributed by atoms with Gasteiger partial charge in [0.15, 0.2) is 0 Å². The number of aromatic nitrogens is 1. The second kappa shape index (κ2) is 6.78. The van der Waals surface area contributed by atoms with Gasteiger partial charge >= 0.3 is 6.18 Å². The summed E-state index contributed by atoms with van der Waals surface area (Å²) in [4.78, 5) is 20.0. The number of amides is 1. The Balaban J connectivity index is 1.69. The molecule has 0 saturated carbocycles. The highest BCUT2D eigenvalue weighted by Gasteiger charge is 2.43. The van der Waals surface area contributed by atoms with Gasteiger partial charge < -0.3 is 4.90 Å².